The summed E-state index contributed by atoms with van der Waals surface area (Å²) < 4.78 is 28.4. The van der Waals surface area contributed by atoms with Gasteiger partial charge in [0, 0.05) is 21.6 Å². The molecule has 0 amide bonds. The third-order valence-corrected chi connectivity index (χ3v) is 6.59. The molecule has 0 bridgehead atoms. The summed E-state index contributed by atoms with van der Waals surface area (Å²) in [5.41, 5.74) is 7.89. The SMILES string of the molecule is Cc1ccc(NS(=O)(=O)c2c(C)csc2CN)cc1Br. The van der Waals surface area contributed by atoms with Crippen LogP contribution in [0.1, 0.15) is 16.0 Å². The Kier molecular flexibility index (Phi) is 4.53. The van der Waals surface area contributed by atoms with Crippen LogP contribution in [0, 0.1) is 13.8 Å². The fourth-order valence-corrected chi connectivity index (χ4v) is 4.98. The Morgan fingerprint density at radius 1 is 1.30 bits per heavy atom. The summed E-state index contributed by atoms with van der Waals surface area (Å²) in [5, 5.41) is 1.81. The average Bonchev–Trinajstić information content (AvgIpc) is 2.75. The van der Waals surface area contributed by atoms with Crippen molar-refractivity contribution in [3.8, 4) is 0 Å². The molecule has 0 spiro atoms. The second kappa shape index (κ2) is 5.85. The zero-order valence-corrected chi connectivity index (χ0v) is 14.3. The van der Waals surface area contributed by atoms with E-state index in [0.29, 0.717) is 21.0 Å². The lowest BCUT2D eigenvalue weighted by Gasteiger charge is -2.10. The molecular formula is C13H15BrN2O2S2. The normalized spacial score (nSPS) is 11.6. The molecular weight excluding hydrogens is 360 g/mol. The van der Waals surface area contributed by atoms with E-state index in [9.17, 15) is 8.42 Å². The number of sulfonamides is 1. The van der Waals surface area contributed by atoms with Crippen molar-refractivity contribution in [1.82, 2.24) is 0 Å². The van der Waals surface area contributed by atoms with Crippen LogP contribution in [0.25, 0.3) is 0 Å². The summed E-state index contributed by atoms with van der Waals surface area (Å²) in [6, 6.07) is 5.34. The average molecular weight is 375 g/mol. The highest BCUT2D eigenvalue weighted by Crippen LogP contribution is 2.29. The van der Waals surface area contributed by atoms with Crippen molar-refractivity contribution >= 4 is 43.0 Å². The van der Waals surface area contributed by atoms with Gasteiger partial charge in [-0.15, -0.1) is 11.3 Å². The first-order valence-corrected chi connectivity index (χ1v) is 9.06. The minimum absolute atomic E-state index is 0.215. The van der Waals surface area contributed by atoms with Gasteiger partial charge in [0.05, 0.1) is 0 Å². The zero-order chi connectivity index (χ0) is 14.9. The highest BCUT2D eigenvalue weighted by molar-refractivity contribution is 9.10. The van der Waals surface area contributed by atoms with Gasteiger partial charge in [-0.3, -0.25) is 4.72 Å². The molecule has 7 heteroatoms. The van der Waals surface area contributed by atoms with Crippen molar-refractivity contribution in [3.05, 3.63) is 44.1 Å². The second-order valence-electron chi connectivity index (χ2n) is 4.44. The maximum Gasteiger partial charge on any atom is 0.263 e. The Labute approximate surface area is 131 Å². The Morgan fingerprint density at radius 2 is 2.00 bits per heavy atom. The van der Waals surface area contributed by atoms with E-state index in [1.165, 1.54) is 11.3 Å². The molecule has 2 rings (SSSR count). The summed E-state index contributed by atoms with van der Waals surface area (Å²) in [7, 11) is -3.61. The van der Waals surface area contributed by atoms with Crippen molar-refractivity contribution in [1.29, 1.82) is 0 Å². The minimum atomic E-state index is -3.61. The highest BCUT2D eigenvalue weighted by Gasteiger charge is 2.22. The van der Waals surface area contributed by atoms with Crippen molar-refractivity contribution in [2.45, 2.75) is 25.3 Å². The van der Waals surface area contributed by atoms with Crippen molar-refractivity contribution in [3.63, 3.8) is 0 Å². The lowest BCUT2D eigenvalue weighted by atomic mass is 10.2. The van der Waals surface area contributed by atoms with Crippen molar-refractivity contribution in [2.75, 3.05) is 4.72 Å². The summed E-state index contributed by atoms with van der Waals surface area (Å²) in [6.07, 6.45) is 0. The van der Waals surface area contributed by atoms with Gasteiger partial charge in [-0.1, -0.05) is 22.0 Å². The fraction of sp³-hybridized carbons (Fsp3) is 0.231. The van der Waals surface area contributed by atoms with Crippen LogP contribution < -0.4 is 10.5 Å². The molecule has 0 aliphatic heterocycles. The second-order valence-corrected chi connectivity index (χ2v) is 7.88. The molecule has 3 N–H and O–H groups in total. The first-order chi connectivity index (χ1) is 9.35. The third kappa shape index (κ3) is 3.06. The van der Waals surface area contributed by atoms with E-state index in [1.54, 1.807) is 19.1 Å². The van der Waals surface area contributed by atoms with Crippen LogP contribution in [0.3, 0.4) is 0 Å². The summed E-state index contributed by atoms with van der Waals surface area (Å²) in [4.78, 5) is 0.961. The fourth-order valence-electron chi connectivity index (χ4n) is 1.85. The van der Waals surface area contributed by atoms with Gasteiger partial charge >= 0.3 is 0 Å². The molecule has 0 aliphatic rings. The predicted octanol–water partition coefficient (Wildman–Crippen LogP) is 3.39. The maximum absolute atomic E-state index is 12.5. The molecule has 0 aliphatic carbocycles. The highest BCUT2D eigenvalue weighted by atomic mass is 79.9. The number of benzene rings is 1. The number of nitrogens with one attached hydrogen (secondary N) is 1. The molecule has 4 nitrogen and oxygen atoms in total. The lowest BCUT2D eigenvalue weighted by Crippen LogP contribution is -2.15. The monoisotopic (exact) mass is 374 g/mol. The molecule has 2 aromatic rings. The smallest absolute Gasteiger partial charge is 0.263 e. The van der Waals surface area contributed by atoms with E-state index in [-0.39, 0.29) is 6.54 Å². The number of hydrogen-bond donors (Lipinski definition) is 2. The summed E-state index contributed by atoms with van der Waals surface area (Å²) >= 11 is 4.76. The maximum atomic E-state index is 12.5. The number of halogens is 1. The van der Waals surface area contributed by atoms with Crippen LogP contribution in [-0.4, -0.2) is 8.42 Å². The topological polar surface area (TPSA) is 72.2 Å². The molecule has 0 saturated heterocycles. The molecule has 0 unspecified atom stereocenters. The standard InChI is InChI=1S/C13H15BrN2O2S2/c1-8-3-4-10(5-11(8)14)16-20(17,18)13-9(2)7-19-12(13)6-15/h3-5,7,16H,6,15H2,1-2H3. The van der Waals surface area contributed by atoms with Gasteiger partial charge in [0.15, 0.2) is 0 Å². The molecule has 0 atom stereocenters. The number of hydrogen-bond acceptors (Lipinski definition) is 4. The molecule has 0 fully saturated rings. The van der Waals surface area contributed by atoms with Gasteiger partial charge in [0.25, 0.3) is 10.0 Å². The molecule has 0 radical (unpaired) electrons. The van der Waals surface area contributed by atoms with E-state index in [0.717, 1.165) is 10.0 Å². The number of anilines is 1. The molecule has 1 heterocycles. The van der Waals surface area contributed by atoms with Crippen molar-refractivity contribution in [2.24, 2.45) is 5.73 Å². The van der Waals surface area contributed by atoms with Crippen LogP contribution >= 0.6 is 27.3 Å². The van der Waals surface area contributed by atoms with Crippen LogP contribution in [0.5, 0.6) is 0 Å². The van der Waals surface area contributed by atoms with Crippen LogP contribution in [0.2, 0.25) is 0 Å². The predicted molar refractivity (Wildman–Crippen MR) is 86.6 cm³/mol. The Balaban J connectivity index is 2.40. The molecule has 20 heavy (non-hydrogen) atoms. The van der Waals surface area contributed by atoms with Gasteiger partial charge in [-0.25, -0.2) is 8.42 Å². The Bertz CT molecular complexity index is 739. The van der Waals surface area contributed by atoms with E-state index in [2.05, 4.69) is 20.7 Å². The van der Waals surface area contributed by atoms with E-state index >= 15 is 0 Å². The number of rotatable bonds is 4. The quantitative estimate of drug-likeness (QED) is 0.861. The van der Waals surface area contributed by atoms with Crippen LogP contribution in [0.4, 0.5) is 5.69 Å². The van der Waals surface area contributed by atoms with Gasteiger partial charge in [-0.05, 0) is 42.5 Å². The van der Waals surface area contributed by atoms with Gasteiger partial charge < -0.3 is 5.73 Å². The third-order valence-electron chi connectivity index (χ3n) is 2.87. The first-order valence-electron chi connectivity index (χ1n) is 5.91. The molecule has 1 aromatic carbocycles. The summed E-state index contributed by atoms with van der Waals surface area (Å²) in [5.74, 6) is 0. The summed E-state index contributed by atoms with van der Waals surface area (Å²) in [6.45, 7) is 3.93. The van der Waals surface area contributed by atoms with E-state index < -0.39 is 10.0 Å². The van der Waals surface area contributed by atoms with Gasteiger partial charge in [0.2, 0.25) is 0 Å². The Hall–Kier alpha value is -0.890. The zero-order valence-electron chi connectivity index (χ0n) is 11.1. The van der Waals surface area contributed by atoms with Crippen LogP contribution in [-0.2, 0) is 16.6 Å². The molecule has 108 valence electrons. The lowest BCUT2D eigenvalue weighted by molar-refractivity contribution is 0.600. The number of aryl methyl sites for hydroxylation is 2. The van der Waals surface area contributed by atoms with Crippen molar-refractivity contribution < 1.29 is 8.42 Å². The van der Waals surface area contributed by atoms with E-state index in [4.69, 9.17) is 5.73 Å². The molecule has 0 saturated carbocycles. The van der Waals surface area contributed by atoms with E-state index in [1.807, 2.05) is 18.4 Å². The van der Waals surface area contributed by atoms with Crippen LogP contribution in [0.15, 0.2) is 32.9 Å². The largest absolute Gasteiger partial charge is 0.326 e. The number of nitrogens with two attached hydrogens (primary N) is 1. The first kappa shape index (κ1) is 15.5. The Morgan fingerprint density at radius 3 is 2.60 bits per heavy atom. The minimum Gasteiger partial charge on any atom is -0.326 e. The van der Waals surface area contributed by atoms with Gasteiger partial charge in [0.1, 0.15) is 4.90 Å². The van der Waals surface area contributed by atoms with Gasteiger partial charge in [-0.2, -0.15) is 0 Å². The molecule has 1 aromatic heterocycles. The number of thiophene rings is 1.